The van der Waals surface area contributed by atoms with Gasteiger partial charge in [0.25, 0.3) is 5.91 Å². The second-order valence-corrected chi connectivity index (χ2v) is 8.26. The number of ether oxygens (including phenoxy) is 2. The molecule has 3 aromatic rings. The number of rotatable bonds is 7. The molecule has 5 nitrogen and oxygen atoms in total. The minimum Gasteiger partial charge on any atom is -0.493 e. The minimum atomic E-state index is -0.512. The van der Waals surface area contributed by atoms with Gasteiger partial charge in [0.1, 0.15) is 18.2 Å². The Morgan fingerprint density at radius 1 is 1.16 bits per heavy atom. The van der Waals surface area contributed by atoms with E-state index in [0.29, 0.717) is 34.4 Å². The van der Waals surface area contributed by atoms with Crippen LogP contribution in [0.15, 0.2) is 70.7 Å². The number of anilines is 1. The van der Waals surface area contributed by atoms with Crippen molar-refractivity contribution in [3.05, 3.63) is 92.4 Å². The maximum absolute atomic E-state index is 12.5. The Hall–Kier alpha value is -3.27. The molecule has 0 heterocycles. The average molecular weight is 512 g/mol. The average Bonchev–Trinajstić information content (AvgIpc) is 2.79. The number of carbonyl (C=O) groups excluding carboxylic acids is 1. The predicted molar refractivity (Wildman–Crippen MR) is 130 cm³/mol. The lowest BCUT2D eigenvalue weighted by atomic mass is 10.1. The number of aryl methyl sites for hydroxylation is 1. The summed E-state index contributed by atoms with van der Waals surface area (Å²) in [6.07, 6.45) is 1.45. The Labute approximate surface area is 200 Å². The zero-order chi connectivity index (χ0) is 23.1. The van der Waals surface area contributed by atoms with Crippen molar-refractivity contribution >= 4 is 45.2 Å². The first-order chi connectivity index (χ1) is 15.4. The Morgan fingerprint density at radius 2 is 1.84 bits per heavy atom. The molecule has 0 spiro atoms. The van der Waals surface area contributed by atoms with Gasteiger partial charge in [-0.2, -0.15) is 5.26 Å². The van der Waals surface area contributed by atoms with Crippen LogP contribution in [0.25, 0.3) is 6.08 Å². The van der Waals surface area contributed by atoms with Crippen LogP contribution in [-0.2, 0) is 11.4 Å². The van der Waals surface area contributed by atoms with Crippen LogP contribution >= 0.6 is 27.5 Å². The Balaban J connectivity index is 1.80. The molecule has 0 bridgehead atoms. The zero-order valence-corrected chi connectivity index (χ0v) is 19.8. The minimum absolute atomic E-state index is 0.0628. The topological polar surface area (TPSA) is 71.3 Å². The van der Waals surface area contributed by atoms with E-state index in [0.717, 1.165) is 15.6 Å². The number of amides is 1. The highest BCUT2D eigenvalue weighted by Crippen LogP contribution is 2.37. The van der Waals surface area contributed by atoms with Crippen LogP contribution in [0.2, 0.25) is 5.02 Å². The largest absolute Gasteiger partial charge is 0.493 e. The molecule has 0 fully saturated rings. The van der Waals surface area contributed by atoms with E-state index in [1.165, 1.54) is 13.2 Å². The lowest BCUT2D eigenvalue weighted by Gasteiger charge is -2.14. The van der Waals surface area contributed by atoms with Gasteiger partial charge >= 0.3 is 0 Å². The molecule has 1 amide bonds. The van der Waals surface area contributed by atoms with Crippen molar-refractivity contribution in [3.8, 4) is 17.6 Å². The first-order valence-electron chi connectivity index (χ1n) is 9.64. The molecule has 0 saturated heterocycles. The van der Waals surface area contributed by atoms with Gasteiger partial charge in [-0.05, 0) is 60.5 Å². The summed E-state index contributed by atoms with van der Waals surface area (Å²) in [5.41, 5.74) is 3.12. The maximum atomic E-state index is 12.5. The monoisotopic (exact) mass is 510 g/mol. The highest BCUT2D eigenvalue weighted by Gasteiger charge is 2.14. The van der Waals surface area contributed by atoms with Gasteiger partial charge in [0.15, 0.2) is 11.5 Å². The predicted octanol–water partition coefficient (Wildman–Crippen LogP) is 6.54. The van der Waals surface area contributed by atoms with Crippen LogP contribution in [0.4, 0.5) is 5.69 Å². The maximum Gasteiger partial charge on any atom is 0.266 e. The normalized spacial score (nSPS) is 10.9. The van der Waals surface area contributed by atoms with Gasteiger partial charge in [0.05, 0.1) is 12.1 Å². The third-order valence-electron chi connectivity index (χ3n) is 4.53. The fraction of sp³-hybridized carbons (Fsp3) is 0.120. The first-order valence-corrected chi connectivity index (χ1v) is 10.8. The highest BCUT2D eigenvalue weighted by molar-refractivity contribution is 9.10. The summed E-state index contributed by atoms with van der Waals surface area (Å²) in [5, 5.41) is 12.5. The highest BCUT2D eigenvalue weighted by atomic mass is 79.9. The molecule has 0 saturated carbocycles. The van der Waals surface area contributed by atoms with Crippen LogP contribution in [0.3, 0.4) is 0 Å². The molecule has 32 heavy (non-hydrogen) atoms. The number of nitriles is 1. The van der Waals surface area contributed by atoms with Crippen LogP contribution < -0.4 is 14.8 Å². The third-order valence-corrected chi connectivity index (χ3v) is 5.34. The van der Waals surface area contributed by atoms with E-state index in [1.54, 1.807) is 24.3 Å². The first kappa shape index (κ1) is 23.4. The van der Waals surface area contributed by atoms with Crippen molar-refractivity contribution < 1.29 is 14.3 Å². The number of benzene rings is 3. The molecule has 0 radical (unpaired) electrons. The number of methoxy groups -OCH3 is 1. The van der Waals surface area contributed by atoms with Crippen molar-refractivity contribution in [2.75, 3.05) is 12.4 Å². The summed E-state index contributed by atoms with van der Waals surface area (Å²) in [4.78, 5) is 12.5. The van der Waals surface area contributed by atoms with Crippen molar-refractivity contribution in [1.82, 2.24) is 0 Å². The molecule has 0 aliphatic rings. The van der Waals surface area contributed by atoms with Crippen LogP contribution in [-0.4, -0.2) is 13.0 Å². The van der Waals surface area contributed by atoms with Crippen molar-refractivity contribution in [3.63, 3.8) is 0 Å². The van der Waals surface area contributed by atoms with Gasteiger partial charge in [-0.3, -0.25) is 4.79 Å². The number of hydrogen-bond donors (Lipinski definition) is 1. The smallest absolute Gasteiger partial charge is 0.266 e. The molecule has 0 aliphatic heterocycles. The summed E-state index contributed by atoms with van der Waals surface area (Å²) in [6.45, 7) is 2.26. The van der Waals surface area contributed by atoms with Gasteiger partial charge in [0.2, 0.25) is 0 Å². The number of halogens is 2. The molecule has 0 aromatic heterocycles. The van der Waals surface area contributed by atoms with Gasteiger partial charge in [-0.25, -0.2) is 0 Å². The molecule has 162 valence electrons. The molecule has 3 rings (SSSR count). The quantitative estimate of drug-likeness (QED) is 0.289. The fourth-order valence-corrected chi connectivity index (χ4v) is 3.39. The van der Waals surface area contributed by atoms with Gasteiger partial charge in [-0.1, -0.05) is 57.4 Å². The molecule has 0 aliphatic carbocycles. The van der Waals surface area contributed by atoms with Crippen LogP contribution in [0.1, 0.15) is 16.7 Å². The standard InChI is InChI=1S/C25H20BrClN2O3/c1-16-3-9-21(10-4-16)29-25(30)19(14-28)11-18-12-22(27)24(23(13-18)31-2)32-15-17-5-7-20(26)8-6-17/h3-13H,15H2,1-2H3,(H,29,30)/b19-11+. The molecule has 3 aromatic carbocycles. The fourth-order valence-electron chi connectivity index (χ4n) is 2.85. The van der Waals surface area contributed by atoms with Crippen LogP contribution in [0.5, 0.6) is 11.5 Å². The summed E-state index contributed by atoms with van der Waals surface area (Å²) in [6, 6.07) is 20.3. The van der Waals surface area contributed by atoms with Crippen molar-refractivity contribution in [2.45, 2.75) is 13.5 Å². The zero-order valence-electron chi connectivity index (χ0n) is 17.5. The number of hydrogen-bond acceptors (Lipinski definition) is 4. The van der Waals surface area contributed by atoms with E-state index in [1.807, 2.05) is 49.4 Å². The van der Waals surface area contributed by atoms with E-state index in [9.17, 15) is 10.1 Å². The summed E-state index contributed by atoms with van der Waals surface area (Å²) >= 11 is 9.83. The van der Waals surface area contributed by atoms with Gasteiger partial charge in [0, 0.05) is 10.2 Å². The molecule has 1 N–H and O–H groups in total. The van der Waals surface area contributed by atoms with Gasteiger partial charge in [-0.15, -0.1) is 0 Å². The SMILES string of the molecule is COc1cc(/C=C(\C#N)C(=O)Nc2ccc(C)cc2)cc(Cl)c1OCc1ccc(Br)cc1. The molecule has 0 unspecified atom stereocenters. The summed E-state index contributed by atoms with van der Waals surface area (Å²) in [5.74, 6) is 0.274. The molecule has 7 heteroatoms. The van der Waals surface area contributed by atoms with Crippen molar-refractivity contribution in [2.24, 2.45) is 0 Å². The lowest BCUT2D eigenvalue weighted by Crippen LogP contribution is -2.13. The van der Waals surface area contributed by atoms with Crippen LogP contribution in [0, 0.1) is 18.3 Å². The molecular weight excluding hydrogens is 492 g/mol. The lowest BCUT2D eigenvalue weighted by molar-refractivity contribution is -0.112. The summed E-state index contributed by atoms with van der Waals surface area (Å²) < 4.78 is 12.3. The number of nitrogens with one attached hydrogen (secondary N) is 1. The van der Waals surface area contributed by atoms with E-state index in [-0.39, 0.29) is 5.57 Å². The third kappa shape index (κ3) is 6.13. The molecular formula is C25H20BrClN2O3. The Bertz CT molecular complexity index is 1180. The number of nitrogens with zero attached hydrogens (tertiary/aromatic N) is 1. The second kappa shape index (κ2) is 10.9. The Kier molecular flexibility index (Phi) is 7.93. The summed E-state index contributed by atoms with van der Waals surface area (Å²) in [7, 11) is 1.50. The van der Waals surface area contributed by atoms with E-state index < -0.39 is 5.91 Å². The van der Waals surface area contributed by atoms with E-state index in [4.69, 9.17) is 21.1 Å². The van der Waals surface area contributed by atoms with E-state index in [2.05, 4.69) is 21.2 Å². The Morgan fingerprint density at radius 3 is 2.47 bits per heavy atom. The number of carbonyl (C=O) groups is 1. The van der Waals surface area contributed by atoms with Crippen molar-refractivity contribution in [1.29, 1.82) is 5.26 Å². The van der Waals surface area contributed by atoms with E-state index >= 15 is 0 Å². The van der Waals surface area contributed by atoms with Gasteiger partial charge < -0.3 is 14.8 Å². The molecule has 0 atom stereocenters. The second-order valence-electron chi connectivity index (χ2n) is 6.94.